The number of anilines is 2. The van der Waals surface area contributed by atoms with Crippen molar-refractivity contribution in [1.82, 2.24) is 9.97 Å². The van der Waals surface area contributed by atoms with Crippen molar-refractivity contribution in [3.05, 3.63) is 203 Å². The Balaban J connectivity index is 0.996. The monoisotopic (exact) mass is 849 g/mol. The van der Waals surface area contributed by atoms with Crippen LogP contribution in [0.1, 0.15) is 82.1 Å². The molecule has 2 aliphatic rings. The minimum Gasteiger partial charge on any atom is -0.374 e. The van der Waals surface area contributed by atoms with Crippen molar-refractivity contribution in [2.24, 2.45) is 10.8 Å². The normalized spacial score (nSPS) is 20.5. The molecule has 0 amide bonds. The lowest BCUT2D eigenvalue weighted by Crippen LogP contribution is -2.40. The van der Waals surface area contributed by atoms with E-state index < -0.39 is 0 Å². The molecule has 0 radical (unpaired) electrons. The molecule has 64 heavy (non-hydrogen) atoms. The van der Waals surface area contributed by atoms with Crippen LogP contribution in [0.2, 0.25) is 0 Å². The molecule has 0 fully saturated rings. The van der Waals surface area contributed by atoms with Gasteiger partial charge in [-0.25, -0.2) is 0 Å². The predicted octanol–water partition coefficient (Wildman–Crippen LogP) is 14.2. The first-order valence-electron chi connectivity index (χ1n) is 22.3. The fraction of sp³-hybridized carbons (Fsp3) is 0.276. The lowest BCUT2D eigenvalue weighted by molar-refractivity contribution is -0.118. The molecule has 2 aliphatic carbocycles. The number of allylic oxidation sites excluding steroid dienone is 20. The van der Waals surface area contributed by atoms with E-state index in [1.165, 1.54) is 0 Å². The highest BCUT2D eigenvalue weighted by atomic mass is 16.1. The Morgan fingerprint density at radius 2 is 0.891 bits per heavy atom. The third-order valence-corrected chi connectivity index (χ3v) is 12.3. The molecule has 0 spiro atoms. The highest BCUT2D eigenvalue weighted by molar-refractivity contribution is 6.05. The molecule has 0 aliphatic heterocycles. The summed E-state index contributed by atoms with van der Waals surface area (Å²) in [7, 11) is 0. The van der Waals surface area contributed by atoms with Gasteiger partial charge in [0, 0.05) is 34.5 Å². The molecular formula is C58H64N4O2. The van der Waals surface area contributed by atoms with Gasteiger partial charge in [-0.1, -0.05) is 171 Å². The molecule has 6 heteroatoms. The summed E-state index contributed by atoms with van der Waals surface area (Å²) in [6.45, 7) is 21.1. The Bertz CT molecular complexity index is 2570. The number of hydrogen-bond acceptors (Lipinski definition) is 6. The second kappa shape index (κ2) is 20.7. The summed E-state index contributed by atoms with van der Waals surface area (Å²) in [5.74, 6) is 0.275. The number of pyridine rings is 2. The van der Waals surface area contributed by atoms with Gasteiger partial charge in [-0.15, -0.1) is 0 Å². The SMILES string of the molecule is CC(C=CC=C(C)C=CC1=C(C)C(=O)C(Nc2ccnc3ccccc23)CC1(C)C)=CC=CC=C(C)C=CC=C(C)C=CC1=C(C)C(=O)C(Nc2ccnc3ccccc23)CC1(C)C. The standard InChI is InChI=1S/C58H64N4O2/c1-39(21-17-23-41(3)29-31-47-43(5)55(63)53(37-57(47,7)8)61-51-33-35-59-49-27-15-13-25-45(49)51)19-11-12-20-40(2)22-18-24-42(4)30-32-48-44(6)56(64)54(38-58(48,9)10)62-52-34-36-60-50-28-16-14-26-46(50)52/h11-36,53-54H,37-38H2,1-10H3,(H,59,61)(H,60,62). The van der Waals surface area contributed by atoms with E-state index in [9.17, 15) is 9.59 Å². The number of fused-ring (bicyclic) bond motifs is 2. The number of nitrogens with zero attached hydrogens (tertiary/aromatic N) is 2. The molecule has 2 atom stereocenters. The van der Waals surface area contributed by atoms with Crippen molar-refractivity contribution in [2.75, 3.05) is 10.6 Å². The Morgan fingerprint density at radius 3 is 1.30 bits per heavy atom. The average molecular weight is 849 g/mol. The van der Waals surface area contributed by atoms with Gasteiger partial charge in [0.25, 0.3) is 0 Å². The summed E-state index contributed by atoms with van der Waals surface area (Å²) >= 11 is 0. The van der Waals surface area contributed by atoms with Crippen LogP contribution in [0.5, 0.6) is 0 Å². The van der Waals surface area contributed by atoms with E-state index in [-0.39, 0.29) is 34.5 Å². The minimum absolute atomic E-state index is 0.138. The van der Waals surface area contributed by atoms with Crippen molar-refractivity contribution >= 4 is 44.7 Å². The summed E-state index contributed by atoms with van der Waals surface area (Å²) < 4.78 is 0. The summed E-state index contributed by atoms with van der Waals surface area (Å²) in [5.41, 5.74) is 11.6. The van der Waals surface area contributed by atoms with Crippen LogP contribution in [0.4, 0.5) is 11.4 Å². The summed E-state index contributed by atoms with van der Waals surface area (Å²) in [5, 5.41) is 9.13. The van der Waals surface area contributed by atoms with Crippen molar-refractivity contribution < 1.29 is 9.59 Å². The first-order valence-corrected chi connectivity index (χ1v) is 22.3. The maximum Gasteiger partial charge on any atom is 0.181 e. The highest BCUT2D eigenvalue weighted by Gasteiger charge is 2.39. The van der Waals surface area contributed by atoms with Crippen molar-refractivity contribution in [3.8, 4) is 0 Å². The highest BCUT2D eigenvalue weighted by Crippen LogP contribution is 2.42. The van der Waals surface area contributed by atoms with Crippen molar-refractivity contribution in [2.45, 2.75) is 94.2 Å². The van der Waals surface area contributed by atoms with Crippen LogP contribution in [0, 0.1) is 10.8 Å². The number of rotatable bonds is 14. The van der Waals surface area contributed by atoms with E-state index in [0.29, 0.717) is 12.8 Å². The lowest BCUT2D eigenvalue weighted by Gasteiger charge is -2.37. The van der Waals surface area contributed by atoms with Crippen LogP contribution in [0.3, 0.4) is 0 Å². The molecule has 2 N–H and O–H groups in total. The van der Waals surface area contributed by atoms with E-state index in [2.05, 4.69) is 161 Å². The fourth-order valence-electron chi connectivity index (χ4n) is 8.75. The number of aromatic nitrogens is 2. The largest absolute Gasteiger partial charge is 0.374 e. The van der Waals surface area contributed by atoms with Gasteiger partial charge in [-0.3, -0.25) is 19.6 Å². The van der Waals surface area contributed by atoms with E-state index in [0.717, 1.165) is 77.8 Å². The number of carbonyl (C=O) groups excluding carboxylic acids is 2. The molecule has 2 heterocycles. The van der Waals surface area contributed by atoms with Gasteiger partial charge in [0.2, 0.25) is 0 Å². The zero-order chi connectivity index (χ0) is 46.0. The number of hydrogen-bond donors (Lipinski definition) is 2. The molecular weight excluding hydrogens is 785 g/mol. The quantitative estimate of drug-likeness (QED) is 0.123. The number of para-hydroxylation sites is 2. The molecule has 2 aromatic carbocycles. The second-order valence-corrected chi connectivity index (χ2v) is 18.5. The maximum atomic E-state index is 13.6. The Morgan fingerprint density at radius 1 is 0.531 bits per heavy atom. The van der Waals surface area contributed by atoms with Gasteiger partial charge in [-0.05, 0) is 112 Å². The fourth-order valence-corrected chi connectivity index (χ4v) is 8.75. The number of carbonyl (C=O) groups is 2. The van der Waals surface area contributed by atoms with Gasteiger partial charge < -0.3 is 10.6 Å². The number of nitrogens with one attached hydrogen (secondary N) is 2. The summed E-state index contributed by atoms with van der Waals surface area (Å²) in [4.78, 5) is 36.2. The van der Waals surface area contributed by atoms with Gasteiger partial charge in [0.1, 0.15) is 0 Å². The average Bonchev–Trinajstić information content (AvgIpc) is 3.26. The lowest BCUT2D eigenvalue weighted by atomic mass is 9.70. The minimum atomic E-state index is -0.297. The first kappa shape index (κ1) is 46.8. The summed E-state index contributed by atoms with van der Waals surface area (Å²) in [6, 6.07) is 19.3. The Kier molecular flexibility index (Phi) is 15.1. The van der Waals surface area contributed by atoms with Crippen LogP contribution in [0.25, 0.3) is 21.8 Å². The van der Waals surface area contributed by atoms with Crippen LogP contribution in [-0.4, -0.2) is 33.6 Å². The molecule has 328 valence electrons. The number of benzene rings is 2. The number of Topliss-reactive ketones (excluding diaryl/α,β-unsaturated/α-hetero) is 2. The van der Waals surface area contributed by atoms with E-state index in [4.69, 9.17) is 0 Å². The Labute approximate surface area is 381 Å². The molecule has 6 rings (SSSR count). The van der Waals surface area contributed by atoms with Gasteiger partial charge in [-0.2, -0.15) is 0 Å². The van der Waals surface area contributed by atoms with E-state index >= 15 is 0 Å². The zero-order valence-corrected chi connectivity index (χ0v) is 39.3. The molecule has 0 saturated carbocycles. The van der Waals surface area contributed by atoms with E-state index in [1.54, 1.807) is 12.4 Å². The van der Waals surface area contributed by atoms with E-state index in [1.807, 2.05) is 74.5 Å². The third-order valence-electron chi connectivity index (χ3n) is 12.3. The van der Waals surface area contributed by atoms with Crippen molar-refractivity contribution in [3.63, 3.8) is 0 Å². The molecule has 2 aromatic heterocycles. The molecule has 4 aromatic rings. The number of ketones is 2. The Hall–Kier alpha value is -6.66. The topological polar surface area (TPSA) is 84.0 Å². The molecule has 0 bridgehead atoms. The molecule has 0 saturated heterocycles. The maximum absolute atomic E-state index is 13.6. The molecule has 6 nitrogen and oxygen atoms in total. The second-order valence-electron chi connectivity index (χ2n) is 18.5. The predicted molar refractivity (Wildman–Crippen MR) is 271 cm³/mol. The van der Waals surface area contributed by atoms with Crippen LogP contribution >= 0.6 is 0 Å². The van der Waals surface area contributed by atoms with Crippen LogP contribution < -0.4 is 10.6 Å². The van der Waals surface area contributed by atoms with Crippen molar-refractivity contribution in [1.29, 1.82) is 0 Å². The van der Waals surface area contributed by atoms with Crippen LogP contribution in [-0.2, 0) is 9.59 Å². The first-order chi connectivity index (χ1) is 30.5. The smallest absolute Gasteiger partial charge is 0.181 e. The van der Waals surface area contributed by atoms with Gasteiger partial charge in [0.05, 0.1) is 23.1 Å². The van der Waals surface area contributed by atoms with Crippen LogP contribution in [0.15, 0.2) is 203 Å². The molecule has 2 unspecified atom stereocenters. The van der Waals surface area contributed by atoms with Gasteiger partial charge in [0.15, 0.2) is 11.6 Å². The third kappa shape index (κ3) is 11.7. The summed E-state index contributed by atoms with van der Waals surface area (Å²) in [6.07, 6.45) is 34.2. The van der Waals surface area contributed by atoms with Gasteiger partial charge >= 0.3 is 0 Å². The zero-order valence-electron chi connectivity index (χ0n) is 39.3.